The zero-order chi connectivity index (χ0) is 23.1. The van der Waals surface area contributed by atoms with Crippen molar-refractivity contribution in [2.75, 3.05) is 21.0 Å². The summed E-state index contributed by atoms with van der Waals surface area (Å²) >= 11 is 1.27. The molecule has 2 aromatic carbocycles. The smallest absolute Gasteiger partial charge is 0.338 e. The van der Waals surface area contributed by atoms with Gasteiger partial charge in [-0.1, -0.05) is 29.5 Å². The number of carbonyl (C=O) groups excluding carboxylic acids is 1. The molecule has 0 spiro atoms. The first-order valence-electron chi connectivity index (χ1n) is 10.1. The van der Waals surface area contributed by atoms with Crippen molar-refractivity contribution in [1.82, 2.24) is 4.57 Å². The molecule has 0 bridgehead atoms. The summed E-state index contributed by atoms with van der Waals surface area (Å²) in [7, 11) is 2.90. The molecule has 8 nitrogen and oxygen atoms in total. The Morgan fingerprint density at radius 1 is 1.15 bits per heavy atom. The predicted molar refractivity (Wildman–Crippen MR) is 121 cm³/mol. The molecule has 0 amide bonds. The van der Waals surface area contributed by atoms with Gasteiger partial charge in [-0.2, -0.15) is 0 Å². The van der Waals surface area contributed by atoms with E-state index in [1.165, 1.54) is 18.4 Å². The molecule has 5 rings (SSSR count). The number of allylic oxidation sites excluding steroid dienone is 1. The Morgan fingerprint density at radius 3 is 2.64 bits per heavy atom. The van der Waals surface area contributed by atoms with E-state index in [-0.39, 0.29) is 12.4 Å². The van der Waals surface area contributed by atoms with Gasteiger partial charge in [0.05, 0.1) is 36.1 Å². The molecular weight excluding hydrogens is 444 g/mol. The van der Waals surface area contributed by atoms with Crippen LogP contribution in [-0.4, -0.2) is 31.5 Å². The van der Waals surface area contributed by atoms with Crippen molar-refractivity contribution >= 4 is 23.4 Å². The summed E-state index contributed by atoms with van der Waals surface area (Å²) < 4.78 is 23.1. The molecule has 0 fully saturated rings. The number of thiazole rings is 1. The molecule has 1 atom stereocenters. The zero-order valence-electron chi connectivity index (χ0n) is 18.2. The third-order valence-electron chi connectivity index (χ3n) is 5.55. The highest BCUT2D eigenvalue weighted by Crippen LogP contribution is 2.33. The normalized spacial score (nSPS) is 16.9. The van der Waals surface area contributed by atoms with Crippen molar-refractivity contribution in [3.63, 3.8) is 0 Å². The molecule has 9 heteroatoms. The Bertz CT molecular complexity index is 1470. The van der Waals surface area contributed by atoms with Gasteiger partial charge in [0.1, 0.15) is 5.75 Å². The minimum atomic E-state index is -0.668. The lowest BCUT2D eigenvalue weighted by Crippen LogP contribution is -2.39. The Kier molecular flexibility index (Phi) is 5.26. The number of fused-ring (bicyclic) bond motifs is 2. The van der Waals surface area contributed by atoms with Crippen LogP contribution < -0.4 is 29.1 Å². The van der Waals surface area contributed by atoms with Gasteiger partial charge in [0.15, 0.2) is 16.3 Å². The molecule has 0 radical (unpaired) electrons. The standard InChI is InChI=1S/C24H20N2O6S/c1-13-20(23(28)30-3)21(15-5-7-16(29-2)8-6-15)26-22(27)19(33-24(26)25-13)11-14-4-9-17-18(10-14)32-12-31-17/h4-11,21H,12H2,1-3H3/b19-11-/t21-/m0/s1. The zero-order valence-corrected chi connectivity index (χ0v) is 19.0. The van der Waals surface area contributed by atoms with Gasteiger partial charge < -0.3 is 18.9 Å². The summed E-state index contributed by atoms with van der Waals surface area (Å²) in [6, 6.07) is 12.1. The highest BCUT2D eigenvalue weighted by molar-refractivity contribution is 7.07. The van der Waals surface area contributed by atoms with Crippen molar-refractivity contribution in [2.45, 2.75) is 13.0 Å². The average Bonchev–Trinajstić information content (AvgIpc) is 3.41. The number of nitrogens with zero attached hydrogens (tertiary/aromatic N) is 2. The molecule has 2 aliphatic heterocycles. The molecule has 0 saturated heterocycles. The number of hydrogen-bond acceptors (Lipinski definition) is 8. The summed E-state index contributed by atoms with van der Waals surface area (Å²) in [6.07, 6.45) is 1.79. The van der Waals surface area contributed by atoms with E-state index in [4.69, 9.17) is 18.9 Å². The minimum absolute atomic E-state index is 0.179. The minimum Gasteiger partial charge on any atom is -0.497 e. The van der Waals surface area contributed by atoms with Crippen LogP contribution in [0.3, 0.4) is 0 Å². The van der Waals surface area contributed by atoms with Crippen LogP contribution in [0.25, 0.3) is 6.08 Å². The Morgan fingerprint density at radius 2 is 1.91 bits per heavy atom. The number of hydrogen-bond donors (Lipinski definition) is 0. The highest BCUT2D eigenvalue weighted by Gasteiger charge is 2.33. The first-order valence-corrected chi connectivity index (χ1v) is 11.0. The van der Waals surface area contributed by atoms with Gasteiger partial charge in [-0.3, -0.25) is 9.36 Å². The second-order valence-corrected chi connectivity index (χ2v) is 8.47. The van der Waals surface area contributed by atoms with Crippen molar-refractivity contribution in [3.8, 4) is 17.2 Å². The average molecular weight is 464 g/mol. The monoisotopic (exact) mass is 464 g/mol. The van der Waals surface area contributed by atoms with Gasteiger partial charge in [0.2, 0.25) is 6.79 Å². The van der Waals surface area contributed by atoms with Crippen LogP contribution in [0.15, 0.2) is 63.5 Å². The number of carbonyl (C=O) groups is 1. The quantitative estimate of drug-likeness (QED) is 0.550. The van der Waals surface area contributed by atoms with Crippen molar-refractivity contribution < 1.29 is 23.7 Å². The number of ether oxygens (including phenoxy) is 4. The maximum absolute atomic E-state index is 13.5. The molecule has 168 valence electrons. The number of rotatable bonds is 4. The van der Waals surface area contributed by atoms with Crippen LogP contribution in [0.4, 0.5) is 0 Å². The third kappa shape index (κ3) is 3.60. The second kappa shape index (κ2) is 8.25. The van der Waals surface area contributed by atoms with Crippen molar-refractivity contribution in [3.05, 3.63) is 84.5 Å². The lowest BCUT2D eigenvalue weighted by molar-refractivity contribution is -0.136. The summed E-state index contributed by atoms with van der Waals surface area (Å²) in [6.45, 7) is 1.93. The van der Waals surface area contributed by atoms with Crippen LogP contribution in [0.5, 0.6) is 17.2 Å². The van der Waals surface area contributed by atoms with E-state index in [1.54, 1.807) is 36.8 Å². The van der Waals surface area contributed by atoms with Crippen LogP contribution in [0.2, 0.25) is 0 Å². The molecule has 0 saturated carbocycles. The summed E-state index contributed by atoms with van der Waals surface area (Å²) in [5.74, 6) is 1.46. The van der Waals surface area contributed by atoms with Gasteiger partial charge >= 0.3 is 5.97 Å². The Labute approximate surface area is 192 Å². The van der Waals surface area contributed by atoms with Gasteiger partial charge in [0.25, 0.3) is 5.56 Å². The first kappa shape index (κ1) is 21.0. The topological polar surface area (TPSA) is 88.4 Å². The molecule has 0 unspecified atom stereocenters. The number of aromatic nitrogens is 1. The summed E-state index contributed by atoms with van der Waals surface area (Å²) in [5, 5.41) is 0. The van der Waals surface area contributed by atoms with Gasteiger partial charge in [0, 0.05) is 0 Å². The number of esters is 1. The molecular formula is C24H20N2O6S. The van der Waals surface area contributed by atoms with Crippen LogP contribution in [0, 0.1) is 0 Å². The maximum Gasteiger partial charge on any atom is 0.338 e. The van der Waals surface area contributed by atoms with E-state index < -0.39 is 12.0 Å². The van der Waals surface area contributed by atoms with E-state index in [2.05, 4.69) is 4.99 Å². The predicted octanol–water partition coefficient (Wildman–Crippen LogP) is 2.15. The lowest BCUT2D eigenvalue weighted by Gasteiger charge is -2.24. The van der Waals surface area contributed by atoms with E-state index >= 15 is 0 Å². The molecule has 1 aromatic heterocycles. The molecule has 33 heavy (non-hydrogen) atoms. The molecule has 3 heterocycles. The Hall–Kier alpha value is -3.85. The van der Waals surface area contributed by atoms with Gasteiger partial charge in [-0.05, 0) is 48.4 Å². The molecule has 2 aliphatic rings. The van der Waals surface area contributed by atoms with E-state index in [0.29, 0.717) is 37.9 Å². The van der Waals surface area contributed by atoms with Crippen LogP contribution in [0.1, 0.15) is 24.1 Å². The van der Waals surface area contributed by atoms with Crippen LogP contribution in [-0.2, 0) is 9.53 Å². The lowest BCUT2D eigenvalue weighted by atomic mass is 9.96. The van der Waals surface area contributed by atoms with Crippen molar-refractivity contribution in [1.29, 1.82) is 0 Å². The summed E-state index contributed by atoms with van der Waals surface area (Å²) in [4.78, 5) is 31.3. The second-order valence-electron chi connectivity index (χ2n) is 7.46. The fourth-order valence-corrected chi connectivity index (χ4v) is 5.00. The fourth-order valence-electron chi connectivity index (χ4n) is 3.95. The summed E-state index contributed by atoms with van der Waals surface area (Å²) in [5.41, 5.74) is 2.14. The number of benzene rings is 2. The first-order chi connectivity index (χ1) is 16.0. The largest absolute Gasteiger partial charge is 0.497 e. The van der Waals surface area contributed by atoms with E-state index in [9.17, 15) is 9.59 Å². The van der Waals surface area contributed by atoms with E-state index in [1.807, 2.05) is 30.3 Å². The molecule has 3 aromatic rings. The maximum atomic E-state index is 13.5. The highest BCUT2D eigenvalue weighted by atomic mass is 32.1. The molecule has 0 N–H and O–H groups in total. The number of methoxy groups -OCH3 is 2. The third-order valence-corrected chi connectivity index (χ3v) is 6.54. The van der Waals surface area contributed by atoms with E-state index in [0.717, 1.165) is 11.1 Å². The van der Waals surface area contributed by atoms with Crippen LogP contribution >= 0.6 is 11.3 Å². The van der Waals surface area contributed by atoms with Gasteiger partial charge in [-0.25, -0.2) is 9.79 Å². The van der Waals surface area contributed by atoms with Crippen molar-refractivity contribution in [2.24, 2.45) is 4.99 Å². The SMILES string of the molecule is COC(=O)C1=C(C)N=c2s/c(=C\c3ccc4c(c3)OCO4)c(=O)n2[C@H]1c1ccc(OC)cc1. The fraction of sp³-hybridized carbons (Fsp3) is 0.208. The molecule has 0 aliphatic carbocycles. The van der Waals surface area contributed by atoms with Gasteiger partial charge in [-0.15, -0.1) is 0 Å². The Balaban J connectivity index is 1.69.